The molecule has 76 heavy (non-hydrogen) atoms. The Labute approximate surface area is 452 Å². The lowest BCUT2D eigenvalue weighted by molar-refractivity contribution is -0.727. The molecule has 0 fully saturated rings. The third kappa shape index (κ3) is 14.8. The minimum absolute atomic E-state index is 0.438. The highest BCUT2D eigenvalue weighted by atomic mass is 15.0. The van der Waals surface area contributed by atoms with E-state index in [1.54, 1.807) is 0 Å². The van der Waals surface area contributed by atoms with Gasteiger partial charge in [-0.2, -0.15) is 0 Å². The number of rotatable bonds is 3. The van der Waals surface area contributed by atoms with Crippen molar-refractivity contribution in [1.82, 2.24) is 4.98 Å². The van der Waals surface area contributed by atoms with Crippen molar-refractivity contribution in [3.63, 3.8) is 0 Å². The molecule has 22 heterocycles. The van der Waals surface area contributed by atoms with Crippen LogP contribution in [-0.2, 0) is 65.2 Å². The summed E-state index contributed by atoms with van der Waals surface area (Å²) in [4.78, 5) is 4.27. The van der Waals surface area contributed by atoms with Gasteiger partial charge in [0.2, 0.25) is 0 Å². The first-order valence-corrected chi connectivity index (χ1v) is 28.2. The van der Waals surface area contributed by atoms with E-state index >= 15 is 0 Å². The monoisotopic (exact) mass is 1010 g/mol. The summed E-state index contributed by atoms with van der Waals surface area (Å²) in [6.07, 6.45) is 49.6. The van der Waals surface area contributed by atoms with Crippen molar-refractivity contribution in [2.45, 2.75) is 142 Å². The lowest BCUT2D eigenvalue weighted by Gasteiger charge is -2.21. The van der Waals surface area contributed by atoms with Crippen LogP contribution in [0.15, 0.2) is 221 Å². The second-order valence-corrected chi connectivity index (χ2v) is 21.4. The Morgan fingerprint density at radius 2 is 0.658 bits per heavy atom. The van der Waals surface area contributed by atoms with Gasteiger partial charge in [0.1, 0.15) is 0 Å². The van der Waals surface area contributed by atoms with E-state index in [0.717, 1.165) is 110 Å². The van der Waals surface area contributed by atoms with Crippen LogP contribution in [0.3, 0.4) is 0 Å². The molecule has 3 atom stereocenters. The highest BCUT2D eigenvalue weighted by Crippen LogP contribution is 2.33. The summed E-state index contributed by atoms with van der Waals surface area (Å²) in [5, 5.41) is 0. The predicted molar refractivity (Wildman–Crippen MR) is 295 cm³/mol. The maximum absolute atomic E-state index is 4.27. The third-order valence-corrected chi connectivity index (χ3v) is 15.9. The summed E-state index contributed by atoms with van der Waals surface area (Å²) >= 11 is 0. The van der Waals surface area contributed by atoms with Gasteiger partial charge in [-0.15, -0.1) is 0 Å². The van der Waals surface area contributed by atoms with Crippen LogP contribution < -0.4 is 36.5 Å². The van der Waals surface area contributed by atoms with Gasteiger partial charge < -0.3 is 0 Å². The molecule has 0 aromatic carbocycles. The Bertz CT molecular complexity index is 3150. The van der Waals surface area contributed by atoms with Crippen molar-refractivity contribution in [3.8, 4) is 22.3 Å². The molecule has 9 heteroatoms. The van der Waals surface area contributed by atoms with Crippen LogP contribution in [0.2, 0.25) is 0 Å². The molecule has 0 saturated heterocycles. The first-order valence-electron chi connectivity index (χ1n) is 28.2. The van der Waals surface area contributed by atoms with E-state index in [2.05, 4.69) is 264 Å². The Morgan fingerprint density at radius 3 is 1.01 bits per heavy atom. The van der Waals surface area contributed by atoms with Crippen LogP contribution in [-0.4, -0.2) is 4.98 Å². The molecule has 13 aliphatic heterocycles. The van der Waals surface area contributed by atoms with E-state index in [9.17, 15) is 0 Å². The zero-order chi connectivity index (χ0) is 51.7. The summed E-state index contributed by atoms with van der Waals surface area (Å²) in [6, 6.07) is 41.0. The molecular weight excluding hydrogens is 931 g/mol. The zero-order valence-electron chi connectivity index (χ0n) is 45.1. The van der Waals surface area contributed by atoms with E-state index in [1.807, 2.05) is 12.4 Å². The average Bonchev–Trinajstić information content (AvgIpc) is 3.47. The Hall–Kier alpha value is -7.65. The van der Waals surface area contributed by atoms with Crippen LogP contribution in [0.25, 0.3) is 22.3 Å². The predicted octanol–water partition coefficient (Wildman–Crippen LogP) is 9.04. The zero-order valence-corrected chi connectivity index (χ0v) is 45.1. The lowest BCUT2D eigenvalue weighted by Crippen LogP contribution is -2.38. The van der Waals surface area contributed by atoms with Gasteiger partial charge in [-0.25, -0.2) is 36.5 Å². The first-order chi connectivity index (χ1) is 37.4. The van der Waals surface area contributed by atoms with E-state index in [0.29, 0.717) is 17.8 Å². The molecule has 3 unspecified atom stereocenters. The van der Waals surface area contributed by atoms with Gasteiger partial charge in [-0.1, -0.05) is 13.8 Å². The Morgan fingerprint density at radius 1 is 0.355 bits per heavy atom. The molecule has 13 aliphatic rings. The summed E-state index contributed by atoms with van der Waals surface area (Å²) < 4.78 is 18.6. The average molecular weight is 1010 g/mol. The molecule has 0 radical (unpaired) electrons. The maximum Gasteiger partial charge on any atom is 0.169 e. The van der Waals surface area contributed by atoms with Crippen molar-refractivity contribution < 1.29 is 36.5 Å². The molecule has 0 amide bonds. The summed E-state index contributed by atoms with van der Waals surface area (Å²) in [7, 11) is 0. The van der Waals surface area contributed by atoms with Crippen molar-refractivity contribution in [2.75, 3.05) is 0 Å². The summed E-state index contributed by atoms with van der Waals surface area (Å²) in [5.74, 6) is 1.40. The standard InChI is InChI=1S/C67H79N9/c1-56-7-8-59-13-39-69(40-14-59)31-3-34-72-45-19-62(20-46-72)65-25-51-75(52-26-65)37-6-38-76-53-27-66(28-54-76)67(10-9-58-11-29-68-30-12-58)55-57(2)61-17-43-71(44-18-61)33-5-36-74-49-23-64(24-50-74)63-21-47-73(48-22-63)35-4-32-70-41-15-60(56)16-42-70/h11-30,39-54,56-57,67H,3-10,31-38,55H2,1-2H3/q+8. The second kappa shape index (κ2) is 26.2. The fraction of sp³-hybridized carbons (Fsp3) is 0.328. The molecule has 0 aliphatic carbocycles. The molecule has 22 rings (SSSR count). The molecule has 0 saturated carbocycles. The third-order valence-electron chi connectivity index (χ3n) is 15.9. The van der Waals surface area contributed by atoms with E-state index in [4.69, 9.17) is 0 Å². The SMILES string of the molecule is CC1CCc2cc[n+](cc2)CCC[n+]2ccc(cc2)-c2cc[n+](cc2)CCC[n+]2ccc(cc2)C(CCc2ccncc2)CC(C)c2cc[n+](cc2)CCC[n+]2ccc(cc2)-c2cc[n+](cc2)CCC[n+]2ccc1cc2. The van der Waals surface area contributed by atoms with Crippen LogP contribution >= 0.6 is 0 Å². The van der Waals surface area contributed by atoms with Gasteiger partial charge in [-0.05, 0) is 112 Å². The van der Waals surface area contributed by atoms with E-state index in [-0.39, 0.29) is 0 Å². The normalized spacial score (nSPS) is 17.3. The molecular formula is C67H79N9+8. The maximum atomic E-state index is 4.27. The van der Waals surface area contributed by atoms with Crippen molar-refractivity contribution in [1.29, 1.82) is 0 Å². The second-order valence-electron chi connectivity index (χ2n) is 21.4. The Balaban J connectivity index is 0.785. The Kier molecular flexibility index (Phi) is 17.9. The fourth-order valence-electron chi connectivity index (χ4n) is 10.9. The van der Waals surface area contributed by atoms with Crippen molar-refractivity contribution in [3.05, 3.63) is 249 Å². The molecule has 9 aromatic rings. The lowest BCUT2D eigenvalue weighted by atomic mass is 9.83. The quantitative estimate of drug-likeness (QED) is 0.163. The highest BCUT2D eigenvalue weighted by Gasteiger charge is 2.20. The molecule has 9 nitrogen and oxygen atoms in total. The molecule has 384 valence electrons. The molecule has 0 N–H and O–H groups in total. The number of pyridine rings is 9. The topological polar surface area (TPSA) is 43.9 Å². The minimum Gasteiger partial charge on any atom is -0.265 e. The van der Waals surface area contributed by atoms with Gasteiger partial charge in [0.25, 0.3) is 0 Å². The fourth-order valence-corrected chi connectivity index (χ4v) is 10.9. The minimum atomic E-state index is 0.438. The summed E-state index contributed by atoms with van der Waals surface area (Å²) in [6.45, 7) is 12.7. The molecule has 0 spiro atoms. The number of aromatic nitrogens is 9. The van der Waals surface area contributed by atoms with E-state index in [1.165, 1.54) is 50.1 Å². The number of hydrogen-bond donors (Lipinski definition) is 0. The summed E-state index contributed by atoms with van der Waals surface area (Å²) in [5.41, 5.74) is 12.0. The molecule has 16 bridgehead atoms. The van der Waals surface area contributed by atoms with E-state index < -0.39 is 0 Å². The largest absolute Gasteiger partial charge is 0.265 e. The number of aryl methyl sites for hydroxylation is 10. The van der Waals surface area contributed by atoms with Crippen molar-refractivity contribution >= 4 is 0 Å². The van der Waals surface area contributed by atoms with Gasteiger partial charge in [0, 0.05) is 109 Å². The number of nitrogens with zero attached hydrogens (tertiary/aromatic N) is 9. The number of hydrogen-bond acceptors (Lipinski definition) is 1. The van der Waals surface area contributed by atoms with Gasteiger partial charge in [-0.3, -0.25) is 4.98 Å². The van der Waals surface area contributed by atoms with Gasteiger partial charge in [0.15, 0.2) is 152 Å². The van der Waals surface area contributed by atoms with Gasteiger partial charge >= 0.3 is 0 Å². The first kappa shape index (κ1) is 51.8. The highest BCUT2D eigenvalue weighted by molar-refractivity contribution is 5.61. The van der Waals surface area contributed by atoms with Gasteiger partial charge in [0.05, 0.1) is 25.7 Å². The molecule has 9 aromatic heterocycles. The van der Waals surface area contributed by atoms with Crippen LogP contribution in [0.1, 0.15) is 104 Å². The smallest absolute Gasteiger partial charge is 0.169 e. The van der Waals surface area contributed by atoms with Crippen LogP contribution in [0.5, 0.6) is 0 Å². The van der Waals surface area contributed by atoms with Crippen LogP contribution in [0, 0.1) is 0 Å². The van der Waals surface area contributed by atoms with Crippen molar-refractivity contribution in [2.24, 2.45) is 0 Å². The van der Waals surface area contributed by atoms with Crippen LogP contribution in [0.4, 0.5) is 0 Å².